The summed E-state index contributed by atoms with van der Waals surface area (Å²) in [6.07, 6.45) is 0. The number of rotatable bonds is 8. The van der Waals surface area contributed by atoms with Crippen molar-refractivity contribution < 1.29 is 15.0 Å². The van der Waals surface area contributed by atoms with Crippen LogP contribution in [0.4, 0.5) is 0 Å². The molecule has 0 saturated carbocycles. The van der Waals surface area contributed by atoms with Gasteiger partial charge >= 0.3 is 0 Å². The second-order valence-corrected chi connectivity index (χ2v) is 7.80. The van der Waals surface area contributed by atoms with Crippen LogP contribution in [0.25, 0.3) is 10.9 Å². The minimum Gasteiger partial charge on any atom is -0.394 e. The first-order valence-electron chi connectivity index (χ1n) is 8.60. The summed E-state index contributed by atoms with van der Waals surface area (Å²) in [5.41, 5.74) is 7.01. The summed E-state index contributed by atoms with van der Waals surface area (Å²) >= 11 is 1.49. The van der Waals surface area contributed by atoms with E-state index in [1.807, 2.05) is 48.5 Å². The number of benzene rings is 2. The SMILES string of the molecule is CC(CO)(CO)NCc1ccc2[nH]c(C(N)=O)c(Sc3ccccc3)c2c1. The molecule has 3 aromatic rings. The smallest absolute Gasteiger partial charge is 0.266 e. The highest BCUT2D eigenvalue weighted by Crippen LogP contribution is 2.37. The quantitative estimate of drug-likeness (QED) is 0.408. The molecule has 0 aliphatic heterocycles. The van der Waals surface area contributed by atoms with Crippen LogP contribution in [0.15, 0.2) is 58.3 Å². The Labute approximate surface area is 161 Å². The van der Waals surface area contributed by atoms with Gasteiger partial charge in [0.1, 0.15) is 5.69 Å². The first-order chi connectivity index (χ1) is 13.0. The molecule has 0 spiro atoms. The van der Waals surface area contributed by atoms with Crippen LogP contribution in [-0.2, 0) is 6.54 Å². The average Bonchev–Trinajstić information content (AvgIpc) is 3.05. The van der Waals surface area contributed by atoms with Crippen molar-refractivity contribution in [1.29, 1.82) is 0 Å². The number of nitrogens with two attached hydrogens (primary N) is 1. The van der Waals surface area contributed by atoms with Crippen molar-refractivity contribution in [2.45, 2.75) is 28.8 Å². The summed E-state index contributed by atoms with van der Waals surface area (Å²) in [5, 5.41) is 22.9. The molecule has 1 amide bonds. The van der Waals surface area contributed by atoms with Gasteiger partial charge in [0.25, 0.3) is 5.91 Å². The fourth-order valence-electron chi connectivity index (χ4n) is 2.69. The molecule has 0 atom stereocenters. The van der Waals surface area contributed by atoms with Crippen molar-refractivity contribution in [2.75, 3.05) is 13.2 Å². The fourth-order valence-corrected chi connectivity index (χ4v) is 3.75. The van der Waals surface area contributed by atoms with Gasteiger partial charge in [-0.3, -0.25) is 4.79 Å². The first-order valence-corrected chi connectivity index (χ1v) is 9.41. The molecule has 27 heavy (non-hydrogen) atoms. The molecule has 0 radical (unpaired) electrons. The highest BCUT2D eigenvalue weighted by molar-refractivity contribution is 7.99. The van der Waals surface area contributed by atoms with Gasteiger partial charge in [-0.2, -0.15) is 0 Å². The van der Waals surface area contributed by atoms with E-state index in [0.717, 1.165) is 26.3 Å². The van der Waals surface area contributed by atoms with Crippen molar-refractivity contribution in [1.82, 2.24) is 10.3 Å². The summed E-state index contributed by atoms with van der Waals surface area (Å²) < 4.78 is 0. The maximum absolute atomic E-state index is 11.9. The third-order valence-corrected chi connectivity index (χ3v) is 5.58. The van der Waals surface area contributed by atoms with E-state index in [9.17, 15) is 15.0 Å². The van der Waals surface area contributed by atoms with Crippen molar-refractivity contribution in [3.63, 3.8) is 0 Å². The maximum Gasteiger partial charge on any atom is 0.266 e. The van der Waals surface area contributed by atoms with Crippen LogP contribution in [0, 0.1) is 0 Å². The summed E-state index contributed by atoms with van der Waals surface area (Å²) in [6, 6.07) is 15.6. The third kappa shape index (κ3) is 4.33. The summed E-state index contributed by atoms with van der Waals surface area (Å²) in [4.78, 5) is 16.8. The molecule has 142 valence electrons. The van der Waals surface area contributed by atoms with E-state index in [2.05, 4.69) is 10.3 Å². The third-order valence-electron chi connectivity index (χ3n) is 4.44. The number of aromatic amines is 1. The number of fused-ring (bicyclic) bond motifs is 1. The summed E-state index contributed by atoms with van der Waals surface area (Å²) in [7, 11) is 0. The zero-order valence-corrected chi connectivity index (χ0v) is 15.8. The van der Waals surface area contributed by atoms with Gasteiger partial charge in [-0.25, -0.2) is 0 Å². The number of aromatic nitrogens is 1. The molecule has 0 bridgehead atoms. The maximum atomic E-state index is 11.9. The van der Waals surface area contributed by atoms with Crippen molar-refractivity contribution in [3.8, 4) is 0 Å². The number of H-pyrrole nitrogens is 1. The Morgan fingerprint density at radius 2 is 1.89 bits per heavy atom. The minimum atomic E-state index is -0.757. The number of nitrogens with one attached hydrogen (secondary N) is 2. The van der Waals surface area contributed by atoms with E-state index in [1.165, 1.54) is 11.8 Å². The van der Waals surface area contributed by atoms with Crippen molar-refractivity contribution in [3.05, 3.63) is 59.8 Å². The largest absolute Gasteiger partial charge is 0.394 e. The molecule has 1 heterocycles. The van der Waals surface area contributed by atoms with E-state index >= 15 is 0 Å². The molecule has 0 saturated heterocycles. The fraction of sp³-hybridized carbons (Fsp3) is 0.250. The Morgan fingerprint density at radius 3 is 2.52 bits per heavy atom. The summed E-state index contributed by atoms with van der Waals surface area (Å²) in [5.74, 6) is -0.502. The van der Waals surface area contributed by atoms with Gasteiger partial charge in [0.15, 0.2) is 0 Å². The van der Waals surface area contributed by atoms with Crippen LogP contribution in [0.2, 0.25) is 0 Å². The Morgan fingerprint density at radius 1 is 1.19 bits per heavy atom. The lowest BCUT2D eigenvalue weighted by Gasteiger charge is -2.26. The topological polar surface area (TPSA) is 111 Å². The molecule has 1 aromatic heterocycles. The number of primary amides is 1. The number of carbonyl (C=O) groups excluding carboxylic acids is 1. The zero-order valence-electron chi connectivity index (χ0n) is 15.0. The monoisotopic (exact) mass is 385 g/mol. The molecule has 6 N–H and O–H groups in total. The Kier molecular flexibility index (Phi) is 5.86. The lowest BCUT2D eigenvalue weighted by atomic mass is 10.0. The molecule has 2 aromatic carbocycles. The first kappa shape index (κ1) is 19.4. The van der Waals surface area contributed by atoms with Crippen LogP contribution in [0.1, 0.15) is 23.0 Å². The number of hydrogen-bond acceptors (Lipinski definition) is 5. The van der Waals surface area contributed by atoms with Gasteiger partial charge in [-0.05, 0) is 36.8 Å². The van der Waals surface area contributed by atoms with Gasteiger partial charge in [0.05, 0.1) is 23.6 Å². The molecule has 6 nitrogen and oxygen atoms in total. The number of aliphatic hydroxyl groups is 2. The van der Waals surface area contributed by atoms with Crippen LogP contribution in [0.3, 0.4) is 0 Å². The molecule has 0 unspecified atom stereocenters. The number of aliphatic hydroxyl groups excluding tert-OH is 2. The minimum absolute atomic E-state index is 0.170. The van der Waals surface area contributed by atoms with E-state index in [4.69, 9.17) is 5.73 Å². The molecule has 0 fully saturated rings. The van der Waals surface area contributed by atoms with Gasteiger partial charge in [0, 0.05) is 22.3 Å². The Balaban J connectivity index is 1.96. The van der Waals surface area contributed by atoms with E-state index in [0.29, 0.717) is 12.2 Å². The summed E-state index contributed by atoms with van der Waals surface area (Å²) in [6.45, 7) is 1.89. The molecule has 0 aliphatic rings. The predicted octanol–water partition coefficient (Wildman–Crippen LogP) is 2.25. The number of carbonyl (C=O) groups is 1. The van der Waals surface area contributed by atoms with Gasteiger partial charge in [0.2, 0.25) is 0 Å². The van der Waals surface area contributed by atoms with Crippen LogP contribution < -0.4 is 11.1 Å². The van der Waals surface area contributed by atoms with Crippen LogP contribution in [0.5, 0.6) is 0 Å². The highest BCUT2D eigenvalue weighted by Gasteiger charge is 2.22. The average molecular weight is 385 g/mol. The van der Waals surface area contributed by atoms with Gasteiger partial charge in [-0.15, -0.1) is 0 Å². The normalized spacial score (nSPS) is 11.8. The van der Waals surface area contributed by atoms with E-state index in [-0.39, 0.29) is 13.2 Å². The van der Waals surface area contributed by atoms with Crippen molar-refractivity contribution >= 4 is 28.6 Å². The number of amides is 1. The molecule has 7 heteroatoms. The second kappa shape index (κ2) is 8.14. The molecular formula is C20H23N3O3S. The number of hydrogen-bond donors (Lipinski definition) is 5. The molecule has 0 aliphatic carbocycles. The highest BCUT2D eigenvalue weighted by atomic mass is 32.2. The van der Waals surface area contributed by atoms with E-state index in [1.54, 1.807) is 6.92 Å². The lowest BCUT2D eigenvalue weighted by Crippen LogP contribution is -2.48. The second-order valence-electron chi connectivity index (χ2n) is 6.72. The molecular weight excluding hydrogens is 362 g/mol. The standard InChI is InChI=1S/C20H23N3O3S/c1-20(11-24,12-25)22-10-13-7-8-16-15(9-13)18(17(23-16)19(21)26)27-14-5-3-2-4-6-14/h2-9,22-25H,10-12H2,1H3,(H2,21,26). The van der Waals surface area contributed by atoms with Crippen LogP contribution in [-0.4, -0.2) is 39.9 Å². The van der Waals surface area contributed by atoms with Crippen molar-refractivity contribution in [2.24, 2.45) is 5.73 Å². The predicted molar refractivity (Wildman–Crippen MR) is 107 cm³/mol. The Hall–Kier alpha value is -2.32. The lowest BCUT2D eigenvalue weighted by molar-refractivity contribution is 0.0993. The van der Waals surface area contributed by atoms with Crippen LogP contribution >= 0.6 is 11.8 Å². The van der Waals surface area contributed by atoms with Gasteiger partial charge < -0.3 is 26.2 Å². The molecule has 3 rings (SSSR count). The zero-order chi connectivity index (χ0) is 19.4. The Bertz CT molecular complexity index is 936. The van der Waals surface area contributed by atoms with E-state index < -0.39 is 11.4 Å². The van der Waals surface area contributed by atoms with Gasteiger partial charge in [-0.1, -0.05) is 36.0 Å².